The minimum atomic E-state index is -1.31. The van der Waals surface area contributed by atoms with E-state index in [-0.39, 0.29) is 0 Å². The first-order chi connectivity index (χ1) is 4.52. The van der Waals surface area contributed by atoms with Crippen LogP contribution in [0.5, 0.6) is 0 Å². The molecule has 56 valence electrons. The Balaban J connectivity index is 3.65. The van der Waals surface area contributed by atoms with Crippen molar-refractivity contribution in [3.63, 3.8) is 0 Å². The number of alkyl carbamates (subject to hydrolysis) is 1. The lowest BCUT2D eigenvalue weighted by molar-refractivity contribution is 0.158. The van der Waals surface area contributed by atoms with Crippen molar-refractivity contribution in [2.75, 3.05) is 0 Å². The average molecular weight is 147 g/mol. The predicted molar refractivity (Wildman–Crippen MR) is 28.8 cm³/mol. The summed E-state index contributed by atoms with van der Waals surface area (Å²) in [6.45, 7) is 0. The molecule has 0 fully saturated rings. The maximum atomic E-state index is 10.1. The van der Waals surface area contributed by atoms with Crippen LogP contribution in [0.1, 0.15) is 0 Å². The van der Waals surface area contributed by atoms with E-state index in [4.69, 9.17) is 0 Å². The van der Waals surface area contributed by atoms with Gasteiger partial charge in [-0.15, -0.1) is 0 Å². The van der Waals surface area contributed by atoms with Crippen molar-refractivity contribution in [3.8, 4) is 0 Å². The molecular formula is C3H5N3O4. The van der Waals surface area contributed by atoms with Crippen LogP contribution in [0.15, 0.2) is 0 Å². The van der Waals surface area contributed by atoms with E-state index in [0.717, 1.165) is 0 Å². The number of carbonyl (C=O) groups excluding carboxylic acids is 3. The van der Waals surface area contributed by atoms with E-state index in [1.54, 1.807) is 0 Å². The van der Waals surface area contributed by atoms with Gasteiger partial charge in [-0.3, -0.25) is 0 Å². The molecule has 0 bridgehead atoms. The molecule has 5 N–H and O–H groups in total. The van der Waals surface area contributed by atoms with Gasteiger partial charge in [-0.1, -0.05) is 0 Å². The normalized spacial score (nSPS) is 8.00. The third-order valence-corrected chi connectivity index (χ3v) is 0.419. The van der Waals surface area contributed by atoms with E-state index < -0.39 is 18.2 Å². The van der Waals surface area contributed by atoms with Crippen LogP contribution in [0.4, 0.5) is 14.4 Å². The van der Waals surface area contributed by atoms with E-state index in [0.29, 0.717) is 0 Å². The van der Waals surface area contributed by atoms with Crippen molar-refractivity contribution >= 4 is 18.2 Å². The van der Waals surface area contributed by atoms with E-state index in [9.17, 15) is 14.4 Å². The number of amides is 4. The Bertz CT molecular complexity index is 159. The molecular weight excluding hydrogens is 142 g/mol. The summed E-state index contributed by atoms with van der Waals surface area (Å²) in [5.74, 6) is 0. The fraction of sp³-hybridized carbons (Fsp3) is 0. The summed E-state index contributed by atoms with van der Waals surface area (Å²) in [5, 5.41) is 1.45. The fourth-order valence-electron chi connectivity index (χ4n) is 0.217. The van der Waals surface area contributed by atoms with Crippen LogP contribution in [0.3, 0.4) is 0 Å². The summed E-state index contributed by atoms with van der Waals surface area (Å²) in [6, 6.07) is -1.12. The fourth-order valence-corrected chi connectivity index (χ4v) is 0.217. The summed E-state index contributed by atoms with van der Waals surface area (Å²) in [4.78, 5) is 29.8. The Labute approximate surface area is 55.3 Å². The first kappa shape index (κ1) is 8.21. The van der Waals surface area contributed by atoms with Gasteiger partial charge in [0, 0.05) is 0 Å². The lowest BCUT2D eigenvalue weighted by Crippen LogP contribution is -2.37. The van der Waals surface area contributed by atoms with E-state index >= 15 is 0 Å². The second-order valence-corrected chi connectivity index (χ2v) is 1.20. The van der Waals surface area contributed by atoms with Crippen molar-refractivity contribution in [1.29, 1.82) is 0 Å². The first-order valence-electron chi connectivity index (χ1n) is 2.10. The Morgan fingerprint density at radius 2 is 1.70 bits per heavy atom. The van der Waals surface area contributed by atoms with Crippen LogP contribution in [0, 0.1) is 0 Å². The van der Waals surface area contributed by atoms with Crippen LogP contribution < -0.4 is 16.8 Å². The van der Waals surface area contributed by atoms with Crippen LogP contribution in [-0.4, -0.2) is 18.2 Å². The lowest BCUT2D eigenvalue weighted by Gasteiger charge is -1.96. The Hall–Kier alpha value is -1.79. The minimum absolute atomic E-state index is 1.12. The molecule has 7 nitrogen and oxygen atoms in total. The van der Waals surface area contributed by atoms with Crippen molar-refractivity contribution in [2.45, 2.75) is 0 Å². The molecule has 0 radical (unpaired) electrons. The van der Waals surface area contributed by atoms with E-state index in [2.05, 4.69) is 16.2 Å². The van der Waals surface area contributed by atoms with Crippen molar-refractivity contribution < 1.29 is 19.1 Å². The molecule has 0 saturated carbocycles. The maximum absolute atomic E-state index is 10.1. The molecule has 0 aliphatic rings. The molecule has 0 rings (SSSR count). The molecule has 7 heteroatoms. The monoisotopic (exact) mass is 147 g/mol. The Morgan fingerprint density at radius 3 is 2.00 bits per heavy atom. The van der Waals surface area contributed by atoms with Crippen LogP contribution in [0.25, 0.3) is 0 Å². The topological polar surface area (TPSA) is 125 Å². The molecule has 4 amide bonds. The third kappa shape index (κ3) is 4.37. The number of urea groups is 1. The Morgan fingerprint density at radius 1 is 1.20 bits per heavy atom. The van der Waals surface area contributed by atoms with Crippen LogP contribution in [-0.2, 0) is 4.74 Å². The zero-order valence-electron chi connectivity index (χ0n) is 4.79. The van der Waals surface area contributed by atoms with Gasteiger partial charge in [0.2, 0.25) is 0 Å². The third-order valence-electron chi connectivity index (χ3n) is 0.419. The predicted octanol–water partition coefficient (Wildman–Crippen LogP) is -1.13. The van der Waals surface area contributed by atoms with Gasteiger partial charge in [0.05, 0.1) is 0 Å². The number of nitrogens with one attached hydrogen (secondary N) is 1. The smallest absolute Gasteiger partial charge is 0.359 e. The summed E-state index contributed by atoms with van der Waals surface area (Å²) in [7, 11) is 0. The SMILES string of the molecule is NC(=O)NC(=O)OC(N)=O. The molecule has 0 saturated heterocycles. The highest BCUT2D eigenvalue weighted by Gasteiger charge is 2.06. The maximum Gasteiger partial charge on any atom is 0.424 e. The number of rotatable bonds is 0. The van der Waals surface area contributed by atoms with Crippen LogP contribution in [0.2, 0.25) is 0 Å². The number of carbonyl (C=O) groups is 3. The van der Waals surface area contributed by atoms with Gasteiger partial charge in [0.1, 0.15) is 0 Å². The highest BCUT2D eigenvalue weighted by Crippen LogP contribution is 1.74. The van der Waals surface area contributed by atoms with Gasteiger partial charge in [-0.25, -0.2) is 19.7 Å². The quantitative estimate of drug-likeness (QED) is 0.375. The summed E-state index contributed by atoms with van der Waals surface area (Å²) in [6.07, 6.45) is -2.60. The molecule has 0 unspecified atom stereocenters. The van der Waals surface area contributed by atoms with Gasteiger partial charge < -0.3 is 16.2 Å². The van der Waals surface area contributed by atoms with Gasteiger partial charge >= 0.3 is 18.2 Å². The number of imide groups is 1. The highest BCUT2D eigenvalue weighted by molar-refractivity contribution is 5.93. The number of primary amides is 2. The second-order valence-electron chi connectivity index (χ2n) is 1.20. The average Bonchev–Trinajstić information content (AvgIpc) is 1.58. The highest BCUT2D eigenvalue weighted by atomic mass is 16.6. The summed E-state index contributed by atoms with van der Waals surface area (Å²) in [5.41, 5.74) is 8.86. The van der Waals surface area contributed by atoms with Crippen LogP contribution >= 0.6 is 0 Å². The van der Waals surface area contributed by atoms with E-state index in [1.165, 1.54) is 5.32 Å². The molecule has 0 aromatic heterocycles. The molecule has 0 aromatic carbocycles. The number of nitrogens with two attached hydrogens (primary N) is 2. The molecule has 0 aliphatic heterocycles. The van der Waals surface area contributed by atoms with Gasteiger partial charge in [-0.2, -0.15) is 0 Å². The van der Waals surface area contributed by atoms with E-state index in [1.807, 2.05) is 0 Å². The van der Waals surface area contributed by atoms with Crippen molar-refractivity contribution in [2.24, 2.45) is 11.5 Å². The second kappa shape index (κ2) is 3.28. The molecule has 0 spiro atoms. The number of ether oxygens (including phenoxy) is 1. The number of hydrogen-bond acceptors (Lipinski definition) is 4. The van der Waals surface area contributed by atoms with Gasteiger partial charge in [0.15, 0.2) is 0 Å². The first-order valence-corrected chi connectivity index (χ1v) is 2.10. The largest absolute Gasteiger partial charge is 0.424 e. The van der Waals surface area contributed by atoms with Crippen molar-refractivity contribution in [1.82, 2.24) is 5.32 Å². The van der Waals surface area contributed by atoms with Gasteiger partial charge in [-0.05, 0) is 0 Å². The standard InChI is InChI=1S/C3H5N3O4/c4-1(7)6-3(9)10-2(5)8/h(H2,5,8)(H3,4,6,7,9). The molecule has 0 atom stereocenters. The zero-order chi connectivity index (χ0) is 8.15. The lowest BCUT2D eigenvalue weighted by atomic mass is 11.0. The zero-order valence-corrected chi connectivity index (χ0v) is 4.79. The number of hydrogen-bond donors (Lipinski definition) is 3. The van der Waals surface area contributed by atoms with Gasteiger partial charge in [0.25, 0.3) is 0 Å². The molecule has 0 aromatic rings. The summed E-state index contributed by atoms with van der Waals surface area (Å²) >= 11 is 0. The Kier molecular flexibility index (Phi) is 2.69. The summed E-state index contributed by atoms with van der Waals surface area (Å²) < 4.78 is 3.65. The van der Waals surface area contributed by atoms with Crippen molar-refractivity contribution in [3.05, 3.63) is 0 Å². The molecule has 10 heavy (non-hydrogen) atoms. The minimum Gasteiger partial charge on any atom is -0.359 e. The molecule has 0 heterocycles. The molecule has 0 aliphatic carbocycles.